The predicted octanol–water partition coefficient (Wildman–Crippen LogP) is 4.52. The molecule has 0 bridgehead atoms. The van der Waals surface area contributed by atoms with Crippen LogP contribution in [0.25, 0.3) is 10.6 Å². The van der Waals surface area contributed by atoms with Crippen molar-refractivity contribution in [2.45, 2.75) is 20.4 Å². The van der Waals surface area contributed by atoms with Crippen molar-refractivity contribution in [2.24, 2.45) is 0 Å². The van der Waals surface area contributed by atoms with Gasteiger partial charge in [0, 0.05) is 38.3 Å². The number of benzene rings is 2. The van der Waals surface area contributed by atoms with Gasteiger partial charge in [-0.15, -0.1) is 11.3 Å². The molecule has 0 atom stereocenters. The molecule has 4 nitrogen and oxygen atoms in total. The smallest absolute Gasteiger partial charge is 0.265 e. The Morgan fingerprint density at radius 1 is 1.03 bits per heavy atom. The van der Waals surface area contributed by atoms with Gasteiger partial charge in [-0.1, -0.05) is 24.3 Å². The summed E-state index contributed by atoms with van der Waals surface area (Å²) in [5.74, 6) is -0.231. The highest BCUT2D eigenvalue weighted by Gasteiger charge is 2.25. The number of aromatic nitrogens is 1. The first-order chi connectivity index (χ1) is 14.0. The van der Waals surface area contributed by atoms with Crippen molar-refractivity contribution in [1.29, 1.82) is 0 Å². The van der Waals surface area contributed by atoms with Crippen LogP contribution in [0, 0.1) is 19.7 Å². The average molecular weight is 410 g/mol. The summed E-state index contributed by atoms with van der Waals surface area (Å²) in [6.07, 6.45) is 0. The normalized spacial score (nSPS) is 14.9. The van der Waals surface area contributed by atoms with Crippen molar-refractivity contribution in [1.82, 2.24) is 14.8 Å². The number of aryl methyl sites for hydroxylation is 2. The Kier molecular flexibility index (Phi) is 5.74. The number of carbonyl (C=O) groups excluding carboxylic acids is 1. The van der Waals surface area contributed by atoms with Crippen LogP contribution in [0.5, 0.6) is 0 Å². The molecule has 1 aliphatic heterocycles. The van der Waals surface area contributed by atoms with Crippen molar-refractivity contribution >= 4 is 17.2 Å². The van der Waals surface area contributed by atoms with E-state index >= 15 is 0 Å². The molecule has 0 radical (unpaired) electrons. The molecule has 4 rings (SSSR count). The fourth-order valence-corrected chi connectivity index (χ4v) is 4.63. The molecule has 6 heteroatoms. The molecule has 2 aromatic carbocycles. The Morgan fingerprint density at radius 2 is 1.72 bits per heavy atom. The molecule has 0 aliphatic carbocycles. The fourth-order valence-electron chi connectivity index (χ4n) is 3.59. The topological polar surface area (TPSA) is 36.4 Å². The molecular weight excluding hydrogens is 385 g/mol. The van der Waals surface area contributed by atoms with Gasteiger partial charge in [0.1, 0.15) is 15.7 Å². The zero-order valence-electron chi connectivity index (χ0n) is 16.7. The summed E-state index contributed by atoms with van der Waals surface area (Å²) in [5, 5.41) is 0.754. The van der Waals surface area contributed by atoms with E-state index in [4.69, 9.17) is 0 Å². The second kappa shape index (κ2) is 8.43. The Hall–Kier alpha value is -2.57. The lowest BCUT2D eigenvalue weighted by molar-refractivity contribution is 0.0632. The molecule has 1 aliphatic rings. The van der Waals surface area contributed by atoms with Crippen LogP contribution in [0.4, 0.5) is 4.39 Å². The quantitative estimate of drug-likeness (QED) is 0.636. The summed E-state index contributed by atoms with van der Waals surface area (Å²) in [7, 11) is 0. The Balaban J connectivity index is 1.41. The van der Waals surface area contributed by atoms with Gasteiger partial charge in [0.15, 0.2) is 0 Å². The van der Waals surface area contributed by atoms with E-state index in [0.717, 1.165) is 35.9 Å². The third-order valence-corrected chi connectivity index (χ3v) is 6.59. The number of amides is 1. The lowest BCUT2D eigenvalue weighted by Gasteiger charge is -2.34. The number of piperazine rings is 1. The third-order valence-electron chi connectivity index (χ3n) is 5.40. The fraction of sp³-hybridized carbons (Fsp3) is 0.304. The van der Waals surface area contributed by atoms with Gasteiger partial charge in [0.05, 0.1) is 5.69 Å². The number of hydrogen-bond donors (Lipinski definition) is 0. The molecule has 1 fully saturated rings. The van der Waals surface area contributed by atoms with E-state index in [9.17, 15) is 9.18 Å². The van der Waals surface area contributed by atoms with Gasteiger partial charge in [0.25, 0.3) is 5.91 Å². The molecule has 3 aromatic rings. The van der Waals surface area contributed by atoms with E-state index < -0.39 is 0 Å². The zero-order chi connectivity index (χ0) is 20.4. The molecule has 1 amide bonds. The summed E-state index contributed by atoms with van der Waals surface area (Å²) in [6.45, 7) is 8.09. The maximum absolute atomic E-state index is 13.2. The zero-order valence-corrected chi connectivity index (χ0v) is 17.5. The van der Waals surface area contributed by atoms with E-state index in [1.54, 1.807) is 12.1 Å². The van der Waals surface area contributed by atoms with Gasteiger partial charge in [-0.2, -0.15) is 0 Å². The molecule has 0 spiro atoms. The first-order valence-corrected chi connectivity index (χ1v) is 10.6. The monoisotopic (exact) mass is 409 g/mol. The van der Waals surface area contributed by atoms with E-state index in [0.29, 0.717) is 18.0 Å². The van der Waals surface area contributed by atoms with Crippen LogP contribution in [0.3, 0.4) is 0 Å². The molecule has 29 heavy (non-hydrogen) atoms. The minimum Gasteiger partial charge on any atom is -0.335 e. The number of halogens is 1. The molecule has 1 saturated heterocycles. The number of rotatable bonds is 4. The highest BCUT2D eigenvalue weighted by molar-refractivity contribution is 7.17. The van der Waals surface area contributed by atoms with Crippen LogP contribution in [0.15, 0.2) is 48.5 Å². The first kappa shape index (κ1) is 19.7. The van der Waals surface area contributed by atoms with Crippen LogP contribution in [-0.2, 0) is 6.54 Å². The lowest BCUT2D eigenvalue weighted by atomic mass is 10.1. The van der Waals surface area contributed by atoms with Crippen LogP contribution in [-0.4, -0.2) is 46.9 Å². The SMILES string of the molecule is Cc1ccccc1CN1CCN(C(=O)c2sc(-c3ccc(F)cc3)nc2C)CC1. The minimum atomic E-state index is -0.276. The van der Waals surface area contributed by atoms with Crippen LogP contribution in [0.2, 0.25) is 0 Å². The van der Waals surface area contributed by atoms with Crippen LogP contribution >= 0.6 is 11.3 Å². The van der Waals surface area contributed by atoms with Crippen molar-refractivity contribution < 1.29 is 9.18 Å². The number of hydrogen-bond acceptors (Lipinski definition) is 4. The van der Waals surface area contributed by atoms with E-state index in [1.165, 1.54) is 34.6 Å². The van der Waals surface area contributed by atoms with E-state index in [-0.39, 0.29) is 11.7 Å². The molecular formula is C23H24FN3OS. The highest BCUT2D eigenvalue weighted by atomic mass is 32.1. The van der Waals surface area contributed by atoms with Gasteiger partial charge in [-0.25, -0.2) is 9.37 Å². The van der Waals surface area contributed by atoms with E-state index in [2.05, 4.69) is 41.1 Å². The second-order valence-electron chi connectivity index (χ2n) is 7.44. The second-order valence-corrected chi connectivity index (χ2v) is 8.43. The third kappa shape index (κ3) is 4.38. The lowest BCUT2D eigenvalue weighted by Crippen LogP contribution is -2.48. The Labute approximate surface area is 174 Å². The van der Waals surface area contributed by atoms with Gasteiger partial charge in [-0.3, -0.25) is 9.69 Å². The Bertz CT molecular complexity index is 1010. The minimum absolute atomic E-state index is 0.0453. The molecule has 0 unspecified atom stereocenters. The molecule has 0 saturated carbocycles. The number of carbonyl (C=O) groups is 1. The highest BCUT2D eigenvalue weighted by Crippen LogP contribution is 2.29. The molecule has 150 valence electrons. The van der Waals surface area contributed by atoms with Gasteiger partial charge >= 0.3 is 0 Å². The molecule has 1 aromatic heterocycles. The summed E-state index contributed by atoms with van der Waals surface area (Å²) in [4.78, 5) is 22.6. The van der Waals surface area contributed by atoms with Crippen LogP contribution < -0.4 is 0 Å². The summed E-state index contributed by atoms with van der Waals surface area (Å²) in [5.41, 5.74) is 4.22. The maximum Gasteiger partial charge on any atom is 0.265 e. The number of thiazole rings is 1. The summed E-state index contributed by atoms with van der Waals surface area (Å²) >= 11 is 1.39. The van der Waals surface area contributed by atoms with Gasteiger partial charge in [-0.05, 0) is 49.2 Å². The maximum atomic E-state index is 13.2. The standard InChI is InChI=1S/C23H24FN3OS/c1-16-5-3-4-6-19(16)15-26-11-13-27(14-12-26)23(28)21-17(2)25-22(29-21)18-7-9-20(24)10-8-18/h3-10H,11-15H2,1-2H3. The molecule has 0 N–H and O–H groups in total. The Morgan fingerprint density at radius 3 is 2.41 bits per heavy atom. The van der Waals surface area contributed by atoms with Crippen LogP contribution in [0.1, 0.15) is 26.5 Å². The van der Waals surface area contributed by atoms with Crippen molar-refractivity contribution in [3.05, 3.63) is 76.0 Å². The first-order valence-electron chi connectivity index (χ1n) is 9.81. The van der Waals surface area contributed by atoms with Gasteiger partial charge < -0.3 is 4.90 Å². The molecule has 2 heterocycles. The summed E-state index contributed by atoms with van der Waals surface area (Å²) < 4.78 is 13.2. The van der Waals surface area contributed by atoms with E-state index in [1.807, 2.05) is 11.8 Å². The van der Waals surface area contributed by atoms with Crippen molar-refractivity contribution in [3.8, 4) is 10.6 Å². The van der Waals surface area contributed by atoms with Crippen molar-refractivity contribution in [3.63, 3.8) is 0 Å². The summed E-state index contributed by atoms with van der Waals surface area (Å²) in [6, 6.07) is 14.7. The van der Waals surface area contributed by atoms with Gasteiger partial charge in [0.2, 0.25) is 0 Å². The van der Waals surface area contributed by atoms with Crippen molar-refractivity contribution in [2.75, 3.05) is 26.2 Å². The predicted molar refractivity (Wildman–Crippen MR) is 115 cm³/mol. The number of nitrogens with zero attached hydrogens (tertiary/aromatic N) is 3. The largest absolute Gasteiger partial charge is 0.335 e. The average Bonchev–Trinajstić information content (AvgIpc) is 3.12.